The number of hydrogen-bond acceptors (Lipinski definition) is 5. The zero-order valence-electron chi connectivity index (χ0n) is 9.40. The van der Waals surface area contributed by atoms with Crippen molar-refractivity contribution in [3.8, 4) is 12.3 Å². The number of benzene rings is 1. The van der Waals surface area contributed by atoms with E-state index in [1.807, 2.05) is 0 Å². The van der Waals surface area contributed by atoms with E-state index in [4.69, 9.17) is 6.42 Å². The third kappa shape index (κ3) is 2.74. The van der Waals surface area contributed by atoms with Gasteiger partial charge < -0.3 is 10.1 Å². The molecule has 0 heterocycles. The molecule has 0 fully saturated rings. The largest absolute Gasteiger partial charge is 0.465 e. The van der Waals surface area contributed by atoms with E-state index in [0.717, 1.165) is 13.2 Å². The van der Waals surface area contributed by atoms with Gasteiger partial charge in [0.25, 0.3) is 5.69 Å². The number of carbonyl (C=O) groups excluding carboxylic acids is 1. The van der Waals surface area contributed by atoms with E-state index in [0.29, 0.717) is 6.07 Å². The van der Waals surface area contributed by atoms with Gasteiger partial charge in [0.15, 0.2) is 0 Å². The third-order valence-corrected chi connectivity index (χ3v) is 2.07. The van der Waals surface area contributed by atoms with Crippen LogP contribution in [0.4, 0.5) is 15.8 Å². The van der Waals surface area contributed by atoms with Crippen LogP contribution in [0.15, 0.2) is 12.1 Å². The van der Waals surface area contributed by atoms with Gasteiger partial charge in [-0.05, 0) is 6.07 Å². The minimum atomic E-state index is -1.03. The van der Waals surface area contributed by atoms with Crippen molar-refractivity contribution in [3.05, 3.63) is 33.6 Å². The maximum Gasteiger partial charge on any atom is 0.340 e. The van der Waals surface area contributed by atoms with Crippen molar-refractivity contribution < 1.29 is 18.8 Å². The Bertz CT molecular complexity index is 537. The number of halogens is 1. The number of carbonyl (C=O) groups is 1. The Morgan fingerprint density at radius 2 is 2.33 bits per heavy atom. The maximum absolute atomic E-state index is 13.5. The summed E-state index contributed by atoms with van der Waals surface area (Å²) < 4.78 is 17.8. The van der Waals surface area contributed by atoms with E-state index in [-0.39, 0.29) is 12.2 Å². The van der Waals surface area contributed by atoms with Crippen LogP contribution in [0, 0.1) is 28.3 Å². The summed E-state index contributed by atoms with van der Waals surface area (Å²) in [6.45, 7) is 0.00703. The van der Waals surface area contributed by atoms with Crippen LogP contribution in [0.5, 0.6) is 0 Å². The second kappa shape index (κ2) is 5.63. The molecule has 0 aliphatic carbocycles. The highest BCUT2D eigenvalue weighted by Gasteiger charge is 2.21. The summed E-state index contributed by atoms with van der Waals surface area (Å²) in [5.74, 6) is 0.263. The van der Waals surface area contributed by atoms with E-state index >= 15 is 0 Å². The Kier molecular flexibility index (Phi) is 4.21. The average molecular weight is 252 g/mol. The van der Waals surface area contributed by atoms with Crippen molar-refractivity contribution in [2.45, 2.75) is 0 Å². The van der Waals surface area contributed by atoms with Gasteiger partial charge in [-0.3, -0.25) is 10.1 Å². The standard InChI is InChI=1S/C11H9FN2O4/c1-3-4-13-9-5-7(11(15)18-2)8(12)6-10(9)14(16)17/h1,5-6,13H,4H2,2H3. The number of terminal acetylenes is 1. The lowest BCUT2D eigenvalue weighted by molar-refractivity contribution is -0.384. The first-order valence-electron chi connectivity index (χ1n) is 4.74. The van der Waals surface area contributed by atoms with E-state index in [9.17, 15) is 19.3 Å². The van der Waals surface area contributed by atoms with Crippen LogP contribution in [0.3, 0.4) is 0 Å². The van der Waals surface area contributed by atoms with Crippen molar-refractivity contribution >= 4 is 17.3 Å². The van der Waals surface area contributed by atoms with Gasteiger partial charge in [-0.2, -0.15) is 0 Å². The number of methoxy groups -OCH3 is 1. The van der Waals surface area contributed by atoms with Crippen molar-refractivity contribution in [2.75, 3.05) is 19.0 Å². The van der Waals surface area contributed by atoms with Gasteiger partial charge in [-0.1, -0.05) is 5.92 Å². The Morgan fingerprint density at radius 1 is 1.67 bits per heavy atom. The summed E-state index contributed by atoms with van der Waals surface area (Å²) in [5, 5.41) is 13.3. The minimum Gasteiger partial charge on any atom is -0.465 e. The molecule has 0 amide bonds. The number of nitro groups is 1. The van der Waals surface area contributed by atoms with Crippen LogP contribution in [0.25, 0.3) is 0 Å². The Morgan fingerprint density at radius 3 is 2.83 bits per heavy atom. The van der Waals surface area contributed by atoms with E-state index < -0.39 is 28.0 Å². The molecule has 1 N–H and O–H groups in total. The van der Waals surface area contributed by atoms with Crippen LogP contribution >= 0.6 is 0 Å². The minimum absolute atomic E-state index is 0.00703. The molecule has 7 heteroatoms. The van der Waals surface area contributed by atoms with Crippen molar-refractivity contribution in [1.29, 1.82) is 0 Å². The fraction of sp³-hybridized carbons (Fsp3) is 0.182. The normalized spacial score (nSPS) is 9.39. The first-order valence-corrected chi connectivity index (χ1v) is 4.74. The molecule has 0 aliphatic rings. The lowest BCUT2D eigenvalue weighted by atomic mass is 10.1. The van der Waals surface area contributed by atoms with E-state index in [2.05, 4.69) is 16.0 Å². The first-order chi connectivity index (χ1) is 8.51. The van der Waals surface area contributed by atoms with Crippen LogP contribution < -0.4 is 5.32 Å². The van der Waals surface area contributed by atoms with Gasteiger partial charge in [-0.25, -0.2) is 9.18 Å². The third-order valence-electron chi connectivity index (χ3n) is 2.07. The summed E-state index contributed by atoms with van der Waals surface area (Å²) in [5.41, 5.74) is -0.947. The topological polar surface area (TPSA) is 81.5 Å². The fourth-order valence-corrected chi connectivity index (χ4v) is 1.27. The van der Waals surface area contributed by atoms with Crippen LogP contribution in [-0.2, 0) is 4.74 Å². The Hall–Kier alpha value is -2.62. The predicted molar refractivity (Wildman–Crippen MR) is 61.7 cm³/mol. The van der Waals surface area contributed by atoms with Crippen molar-refractivity contribution in [3.63, 3.8) is 0 Å². The number of nitrogens with one attached hydrogen (secondary N) is 1. The highest BCUT2D eigenvalue weighted by molar-refractivity contribution is 5.92. The predicted octanol–water partition coefficient (Wildman–Crippen LogP) is 1.57. The SMILES string of the molecule is C#CCNc1cc(C(=O)OC)c(F)cc1[N+](=O)[O-]. The molecule has 1 rings (SSSR count). The molecule has 0 atom stereocenters. The second-order valence-electron chi connectivity index (χ2n) is 3.16. The Balaban J connectivity index is 3.31. The fourth-order valence-electron chi connectivity index (χ4n) is 1.27. The number of ether oxygens (including phenoxy) is 1. The molecule has 0 saturated carbocycles. The highest BCUT2D eigenvalue weighted by Crippen LogP contribution is 2.28. The van der Waals surface area contributed by atoms with Crippen molar-refractivity contribution in [2.24, 2.45) is 0 Å². The molecule has 94 valence electrons. The molecule has 18 heavy (non-hydrogen) atoms. The zero-order chi connectivity index (χ0) is 13.7. The van der Waals surface area contributed by atoms with Crippen LogP contribution in [0.1, 0.15) is 10.4 Å². The number of anilines is 1. The molecule has 0 saturated heterocycles. The summed E-state index contributed by atoms with van der Waals surface area (Å²) in [7, 11) is 1.08. The summed E-state index contributed by atoms with van der Waals surface area (Å²) in [6.07, 6.45) is 5.01. The molecular weight excluding hydrogens is 243 g/mol. The van der Waals surface area contributed by atoms with Gasteiger partial charge in [0.1, 0.15) is 11.5 Å². The number of nitrogens with zero attached hydrogens (tertiary/aromatic N) is 1. The number of nitro benzene ring substituents is 1. The number of esters is 1. The number of rotatable bonds is 4. The van der Waals surface area contributed by atoms with Crippen LogP contribution in [-0.4, -0.2) is 24.5 Å². The summed E-state index contributed by atoms with van der Waals surface area (Å²) in [4.78, 5) is 21.2. The average Bonchev–Trinajstić information content (AvgIpc) is 2.35. The van der Waals surface area contributed by atoms with Gasteiger partial charge in [0.2, 0.25) is 0 Å². The van der Waals surface area contributed by atoms with Crippen LogP contribution in [0.2, 0.25) is 0 Å². The van der Waals surface area contributed by atoms with Crippen molar-refractivity contribution in [1.82, 2.24) is 0 Å². The molecular formula is C11H9FN2O4. The highest BCUT2D eigenvalue weighted by atomic mass is 19.1. The monoisotopic (exact) mass is 252 g/mol. The van der Waals surface area contributed by atoms with Gasteiger partial charge in [0, 0.05) is 0 Å². The second-order valence-corrected chi connectivity index (χ2v) is 3.16. The molecule has 0 radical (unpaired) electrons. The van der Waals surface area contributed by atoms with E-state index in [1.54, 1.807) is 0 Å². The lowest BCUT2D eigenvalue weighted by Crippen LogP contribution is -2.09. The van der Waals surface area contributed by atoms with E-state index in [1.165, 1.54) is 0 Å². The Labute approximate surface area is 102 Å². The molecule has 6 nitrogen and oxygen atoms in total. The zero-order valence-corrected chi connectivity index (χ0v) is 9.40. The molecule has 0 aromatic heterocycles. The molecule has 0 aliphatic heterocycles. The molecule has 1 aromatic rings. The van der Waals surface area contributed by atoms with Gasteiger partial charge >= 0.3 is 5.97 Å². The van der Waals surface area contributed by atoms with Gasteiger partial charge in [0.05, 0.1) is 30.2 Å². The molecule has 0 spiro atoms. The first kappa shape index (κ1) is 13.4. The smallest absolute Gasteiger partial charge is 0.340 e. The summed E-state index contributed by atoms with van der Waals surface area (Å²) in [6, 6.07) is 1.64. The molecule has 0 bridgehead atoms. The lowest BCUT2D eigenvalue weighted by Gasteiger charge is -2.07. The quantitative estimate of drug-likeness (QED) is 0.380. The number of hydrogen-bond donors (Lipinski definition) is 1. The molecule has 1 aromatic carbocycles. The molecule has 0 unspecified atom stereocenters. The summed E-state index contributed by atoms with van der Waals surface area (Å²) >= 11 is 0. The van der Waals surface area contributed by atoms with Gasteiger partial charge in [-0.15, -0.1) is 6.42 Å². The maximum atomic E-state index is 13.5.